The Labute approximate surface area is 139 Å². The van der Waals surface area contributed by atoms with E-state index >= 15 is 0 Å². The van der Waals surface area contributed by atoms with Gasteiger partial charge < -0.3 is 4.74 Å². The van der Waals surface area contributed by atoms with Crippen LogP contribution in [-0.4, -0.2) is 60.2 Å². The lowest BCUT2D eigenvalue weighted by molar-refractivity contribution is 0.103. The van der Waals surface area contributed by atoms with Gasteiger partial charge in [-0.2, -0.15) is 0 Å². The zero-order valence-electron chi connectivity index (χ0n) is 14.2. The summed E-state index contributed by atoms with van der Waals surface area (Å²) in [5.41, 5.74) is 1.38. The highest BCUT2D eigenvalue weighted by Crippen LogP contribution is 2.40. The topological polar surface area (TPSA) is 28.6 Å². The quantitative estimate of drug-likeness (QED) is 0.853. The second-order valence-electron chi connectivity index (χ2n) is 7.66. The monoisotopic (exact) mass is 315 g/mol. The predicted octanol–water partition coefficient (Wildman–Crippen LogP) is 2.40. The standard InChI is InChI=1S/C19H29N3O/c1-21(11-15-5-8-20-9-6-15)19-4-2-3-16-12-22(13-18(16)19)17-7-10-23-14-17/h5-6,8-9,16-19H,2-4,7,10-14H2,1H3/t16-,17-,18+,19-/m1/s1. The number of rotatable bonds is 4. The normalized spacial score (nSPS) is 34.9. The minimum absolute atomic E-state index is 0.687. The first-order valence-corrected chi connectivity index (χ1v) is 9.22. The van der Waals surface area contributed by atoms with Crippen molar-refractivity contribution in [2.24, 2.45) is 11.8 Å². The minimum Gasteiger partial charge on any atom is -0.380 e. The van der Waals surface area contributed by atoms with E-state index < -0.39 is 0 Å². The largest absolute Gasteiger partial charge is 0.380 e. The maximum atomic E-state index is 5.62. The molecule has 3 fully saturated rings. The molecule has 4 atom stereocenters. The zero-order valence-corrected chi connectivity index (χ0v) is 14.2. The van der Waals surface area contributed by atoms with Crippen LogP contribution in [0.4, 0.5) is 0 Å². The summed E-state index contributed by atoms with van der Waals surface area (Å²) in [4.78, 5) is 9.47. The molecular formula is C19H29N3O. The van der Waals surface area contributed by atoms with Gasteiger partial charge in [-0.3, -0.25) is 14.8 Å². The number of fused-ring (bicyclic) bond motifs is 1. The van der Waals surface area contributed by atoms with Gasteiger partial charge in [-0.25, -0.2) is 0 Å². The van der Waals surface area contributed by atoms with Gasteiger partial charge in [-0.05, 0) is 55.8 Å². The molecule has 0 unspecified atom stereocenters. The molecular weight excluding hydrogens is 286 g/mol. The summed E-state index contributed by atoms with van der Waals surface area (Å²) in [5.74, 6) is 1.74. The summed E-state index contributed by atoms with van der Waals surface area (Å²) in [5, 5.41) is 0. The fraction of sp³-hybridized carbons (Fsp3) is 0.737. The van der Waals surface area contributed by atoms with Gasteiger partial charge in [-0.1, -0.05) is 6.42 Å². The number of hydrogen-bond donors (Lipinski definition) is 0. The van der Waals surface area contributed by atoms with Crippen LogP contribution in [0.15, 0.2) is 24.5 Å². The molecule has 126 valence electrons. The Balaban J connectivity index is 1.42. The van der Waals surface area contributed by atoms with Crippen LogP contribution in [0.5, 0.6) is 0 Å². The van der Waals surface area contributed by atoms with Crippen LogP contribution in [0.1, 0.15) is 31.2 Å². The Morgan fingerprint density at radius 1 is 1.22 bits per heavy atom. The fourth-order valence-electron chi connectivity index (χ4n) is 5.02. The van der Waals surface area contributed by atoms with Crippen molar-refractivity contribution in [3.05, 3.63) is 30.1 Å². The van der Waals surface area contributed by atoms with Gasteiger partial charge in [-0.15, -0.1) is 0 Å². The average molecular weight is 315 g/mol. The molecule has 4 nitrogen and oxygen atoms in total. The van der Waals surface area contributed by atoms with Crippen molar-refractivity contribution in [3.63, 3.8) is 0 Å². The third-order valence-electron chi connectivity index (χ3n) is 6.26. The molecule has 4 rings (SSSR count). The molecule has 0 aromatic carbocycles. The first-order chi connectivity index (χ1) is 11.3. The van der Waals surface area contributed by atoms with Crippen molar-refractivity contribution in [3.8, 4) is 0 Å². The van der Waals surface area contributed by atoms with E-state index in [4.69, 9.17) is 4.74 Å². The molecule has 0 amide bonds. The molecule has 4 heteroatoms. The molecule has 1 aromatic rings. The molecule has 0 bridgehead atoms. The van der Waals surface area contributed by atoms with E-state index in [0.29, 0.717) is 6.04 Å². The summed E-state index contributed by atoms with van der Waals surface area (Å²) in [6.45, 7) is 5.55. The van der Waals surface area contributed by atoms with Crippen LogP contribution in [0, 0.1) is 11.8 Å². The lowest BCUT2D eigenvalue weighted by Crippen LogP contribution is -2.43. The number of nitrogens with zero attached hydrogens (tertiary/aromatic N) is 3. The van der Waals surface area contributed by atoms with Crippen molar-refractivity contribution in [1.29, 1.82) is 0 Å². The zero-order chi connectivity index (χ0) is 15.6. The Morgan fingerprint density at radius 3 is 2.87 bits per heavy atom. The number of pyridine rings is 1. The first kappa shape index (κ1) is 15.6. The maximum absolute atomic E-state index is 5.62. The van der Waals surface area contributed by atoms with Gasteiger partial charge in [0, 0.05) is 50.7 Å². The number of aromatic nitrogens is 1. The average Bonchev–Trinajstić information content (AvgIpc) is 3.24. The smallest absolute Gasteiger partial charge is 0.0622 e. The van der Waals surface area contributed by atoms with Crippen molar-refractivity contribution >= 4 is 0 Å². The van der Waals surface area contributed by atoms with E-state index in [1.54, 1.807) is 0 Å². The summed E-state index contributed by atoms with van der Waals surface area (Å²) in [6.07, 6.45) is 9.22. The lowest BCUT2D eigenvalue weighted by Gasteiger charge is -2.39. The highest BCUT2D eigenvalue weighted by molar-refractivity contribution is 5.10. The van der Waals surface area contributed by atoms with E-state index in [1.807, 2.05) is 12.4 Å². The van der Waals surface area contributed by atoms with Gasteiger partial charge >= 0.3 is 0 Å². The molecule has 3 heterocycles. The highest BCUT2D eigenvalue weighted by Gasteiger charge is 2.43. The third kappa shape index (κ3) is 3.30. The van der Waals surface area contributed by atoms with E-state index in [-0.39, 0.29) is 0 Å². The molecule has 0 N–H and O–H groups in total. The number of likely N-dealkylation sites (tertiary alicyclic amines) is 1. The van der Waals surface area contributed by atoms with Gasteiger partial charge in [0.15, 0.2) is 0 Å². The first-order valence-electron chi connectivity index (χ1n) is 9.22. The number of hydrogen-bond acceptors (Lipinski definition) is 4. The van der Waals surface area contributed by atoms with Crippen LogP contribution in [0.2, 0.25) is 0 Å². The SMILES string of the molecule is CN(Cc1ccncc1)[C@@H]1CCC[C@@H]2CN([C@@H]3CCOC3)C[C@@H]21. The fourth-order valence-corrected chi connectivity index (χ4v) is 5.02. The predicted molar refractivity (Wildman–Crippen MR) is 91.1 cm³/mol. The molecule has 1 saturated carbocycles. The van der Waals surface area contributed by atoms with E-state index in [2.05, 4.69) is 34.0 Å². The molecule has 23 heavy (non-hydrogen) atoms. The molecule has 3 aliphatic rings. The molecule has 0 spiro atoms. The molecule has 2 saturated heterocycles. The lowest BCUT2D eigenvalue weighted by atomic mass is 9.77. The van der Waals surface area contributed by atoms with Gasteiger partial charge in [0.05, 0.1) is 6.61 Å². The van der Waals surface area contributed by atoms with E-state index in [0.717, 1.165) is 37.6 Å². The molecule has 0 radical (unpaired) electrons. The van der Waals surface area contributed by atoms with E-state index in [9.17, 15) is 0 Å². The maximum Gasteiger partial charge on any atom is 0.0622 e. The summed E-state index contributed by atoms with van der Waals surface area (Å²) in [7, 11) is 2.31. The molecule has 1 aromatic heterocycles. The second-order valence-corrected chi connectivity index (χ2v) is 7.66. The Morgan fingerprint density at radius 2 is 2.09 bits per heavy atom. The Bertz CT molecular complexity index is 503. The Hall–Kier alpha value is -0.970. The van der Waals surface area contributed by atoms with Crippen molar-refractivity contribution in [1.82, 2.24) is 14.8 Å². The van der Waals surface area contributed by atoms with Crippen LogP contribution in [-0.2, 0) is 11.3 Å². The highest BCUT2D eigenvalue weighted by atomic mass is 16.5. The summed E-state index contributed by atoms with van der Waals surface area (Å²) >= 11 is 0. The third-order valence-corrected chi connectivity index (χ3v) is 6.26. The second kappa shape index (κ2) is 6.88. The van der Waals surface area contributed by atoms with Crippen molar-refractivity contribution in [2.45, 2.75) is 44.3 Å². The van der Waals surface area contributed by atoms with Crippen LogP contribution >= 0.6 is 0 Å². The van der Waals surface area contributed by atoms with Crippen LogP contribution in [0.25, 0.3) is 0 Å². The van der Waals surface area contributed by atoms with Gasteiger partial charge in [0.1, 0.15) is 0 Å². The van der Waals surface area contributed by atoms with Gasteiger partial charge in [0.2, 0.25) is 0 Å². The summed E-state index contributed by atoms with van der Waals surface area (Å²) in [6, 6.07) is 5.71. The van der Waals surface area contributed by atoms with E-state index in [1.165, 1.54) is 44.3 Å². The minimum atomic E-state index is 0.687. The van der Waals surface area contributed by atoms with Crippen molar-refractivity contribution in [2.75, 3.05) is 33.4 Å². The molecule has 2 aliphatic heterocycles. The summed E-state index contributed by atoms with van der Waals surface area (Å²) < 4.78 is 5.62. The van der Waals surface area contributed by atoms with Crippen molar-refractivity contribution < 1.29 is 4.74 Å². The molecule has 1 aliphatic carbocycles. The van der Waals surface area contributed by atoms with Gasteiger partial charge in [0.25, 0.3) is 0 Å². The van der Waals surface area contributed by atoms with Crippen LogP contribution in [0.3, 0.4) is 0 Å². The number of ether oxygens (including phenoxy) is 1. The van der Waals surface area contributed by atoms with Crippen LogP contribution < -0.4 is 0 Å². The Kier molecular flexibility index (Phi) is 4.65.